The SMILES string of the molecule is COc1cccc(CF)c1CN=C=O. The van der Waals surface area contributed by atoms with Gasteiger partial charge >= 0.3 is 0 Å². The van der Waals surface area contributed by atoms with Gasteiger partial charge in [-0.2, -0.15) is 0 Å². The van der Waals surface area contributed by atoms with Crippen LogP contribution in [-0.4, -0.2) is 13.2 Å². The number of benzene rings is 1. The van der Waals surface area contributed by atoms with Crippen molar-refractivity contribution >= 4 is 6.08 Å². The normalized spacial score (nSPS) is 9.29. The van der Waals surface area contributed by atoms with Crippen molar-refractivity contribution in [3.63, 3.8) is 0 Å². The lowest BCUT2D eigenvalue weighted by Gasteiger charge is -2.08. The lowest BCUT2D eigenvalue weighted by molar-refractivity contribution is 0.406. The van der Waals surface area contributed by atoms with Crippen molar-refractivity contribution in [1.29, 1.82) is 0 Å². The molecular weight excluding hydrogens is 185 g/mol. The molecule has 1 aromatic carbocycles. The quantitative estimate of drug-likeness (QED) is 0.544. The van der Waals surface area contributed by atoms with Crippen LogP contribution in [0.15, 0.2) is 23.2 Å². The Kier molecular flexibility index (Phi) is 3.83. The number of isocyanates is 1. The Morgan fingerprint density at radius 3 is 2.93 bits per heavy atom. The molecule has 3 nitrogen and oxygen atoms in total. The highest BCUT2D eigenvalue weighted by Crippen LogP contribution is 2.23. The number of alkyl halides is 1. The molecule has 0 heterocycles. The van der Waals surface area contributed by atoms with Crippen LogP contribution >= 0.6 is 0 Å². The van der Waals surface area contributed by atoms with Crippen molar-refractivity contribution in [2.45, 2.75) is 13.2 Å². The molecule has 14 heavy (non-hydrogen) atoms. The Hall–Kier alpha value is -1.67. The molecule has 0 aromatic heterocycles. The highest BCUT2D eigenvalue weighted by atomic mass is 19.1. The van der Waals surface area contributed by atoms with Crippen molar-refractivity contribution in [2.75, 3.05) is 7.11 Å². The molecule has 0 atom stereocenters. The summed E-state index contributed by atoms with van der Waals surface area (Å²) in [7, 11) is 1.49. The van der Waals surface area contributed by atoms with E-state index < -0.39 is 6.67 Å². The van der Waals surface area contributed by atoms with E-state index in [0.717, 1.165) is 0 Å². The van der Waals surface area contributed by atoms with Gasteiger partial charge in [0, 0.05) is 5.56 Å². The summed E-state index contributed by atoms with van der Waals surface area (Å²) < 4.78 is 17.6. The predicted octanol–water partition coefficient (Wildman–Crippen LogP) is 2.00. The topological polar surface area (TPSA) is 38.7 Å². The number of nitrogens with zero attached hydrogens (tertiary/aromatic N) is 1. The first kappa shape index (κ1) is 10.4. The van der Waals surface area contributed by atoms with Crippen molar-refractivity contribution in [2.24, 2.45) is 4.99 Å². The molecule has 1 rings (SSSR count). The minimum Gasteiger partial charge on any atom is -0.496 e. The highest BCUT2D eigenvalue weighted by molar-refractivity contribution is 5.42. The van der Waals surface area contributed by atoms with Crippen LogP contribution in [0.5, 0.6) is 5.75 Å². The molecule has 0 unspecified atom stereocenters. The lowest BCUT2D eigenvalue weighted by Crippen LogP contribution is -1.95. The molecule has 0 N–H and O–H groups in total. The van der Waals surface area contributed by atoms with Crippen LogP contribution in [0.3, 0.4) is 0 Å². The van der Waals surface area contributed by atoms with Gasteiger partial charge in [-0.05, 0) is 11.6 Å². The fraction of sp³-hybridized carbons (Fsp3) is 0.300. The zero-order chi connectivity index (χ0) is 10.4. The molecule has 0 fully saturated rings. The summed E-state index contributed by atoms with van der Waals surface area (Å²) in [6, 6.07) is 5.04. The van der Waals surface area contributed by atoms with Gasteiger partial charge < -0.3 is 4.74 Å². The molecule has 0 radical (unpaired) electrons. The number of carbonyl (C=O) groups excluding carboxylic acids is 1. The number of hydrogen-bond donors (Lipinski definition) is 0. The average molecular weight is 195 g/mol. The smallest absolute Gasteiger partial charge is 0.235 e. The second-order valence-corrected chi connectivity index (χ2v) is 2.64. The summed E-state index contributed by atoms with van der Waals surface area (Å²) in [6.45, 7) is -0.492. The Bertz CT molecular complexity index is 337. The van der Waals surface area contributed by atoms with E-state index in [1.165, 1.54) is 13.2 Å². The first-order valence-electron chi connectivity index (χ1n) is 4.07. The monoisotopic (exact) mass is 195 g/mol. The third-order valence-corrected chi connectivity index (χ3v) is 1.90. The van der Waals surface area contributed by atoms with Gasteiger partial charge in [0.15, 0.2) is 0 Å². The van der Waals surface area contributed by atoms with E-state index in [1.807, 2.05) is 0 Å². The molecule has 0 aliphatic carbocycles. The number of halogens is 1. The number of aliphatic imine (C=N–C) groups is 1. The Balaban J connectivity index is 3.11. The van der Waals surface area contributed by atoms with Gasteiger partial charge in [-0.3, -0.25) is 0 Å². The van der Waals surface area contributed by atoms with Crippen molar-refractivity contribution in [1.82, 2.24) is 0 Å². The van der Waals surface area contributed by atoms with Crippen LogP contribution in [-0.2, 0) is 18.0 Å². The lowest BCUT2D eigenvalue weighted by atomic mass is 10.1. The largest absolute Gasteiger partial charge is 0.496 e. The first-order valence-corrected chi connectivity index (χ1v) is 4.07. The van der Waals surface area contributed by atoms with E-state index in [0.29, 0.717) is 16.9 Å². The second-order valence-electron chi connectivity index (χ2n) is 2.64. The molecule has 0 amide bonds. The summed E-state index contributed by atoms with van der Waals surface area (Å²) in [6.07, 6.45) is 1.42. The molecule has 0 saturated carbocycles. The van der Waals surface area contributed by atoms with Gasteiger partial charge in [-0.15, -0.1) is 0 Å². The van der Waals surface area contributed by atoms with Gasteiger partial charge in [0.1, 0.15) is 12.4 Å². The van der Waals surface area contributed by atoms with Gasteiger partial charge in [0.25, 0.3) is 0 Å². The Labute approximate surface area is 81.2 Å². The summed E-state index contributed by atoms with van der Waals surface area (Å²) >= 11 is 0. The van der Waals surface area contributed by atoms with Crippen LogP contribution < -0.4 is 4.74 Å². The van der Waals surface area contributed by atoms with Gasteiger partial charge in [0.2, 0.25) is 6.08 Å². The maximum Gasteiger partial charge on any atom is 0.235 e. The summed E-state index contributed by atoms with van der Waals surface area (Å²) in [5, 5.41) is 0. The third kappa shape index (κ3) is 2.18. The molecule has 0 bridgehead atoms. The Morgan fingerprint density at radius 2 is 2.36 bits per heavy atom. The molecule has 74 valence electrons. The summed E-state index contributed by atoms with van der Waals surface area (Å²) in [5.74, 6) is 0.541. The molecule has 4 heteroatoms. The molecule has 1 aromatic rings. The minimum absolute atomic E-state index is 0.104. The van der Waals surface area contributed by atoms with E-state index in [4.69, 9.17) is 4.74 Å². The standard InChI is InChI=1S/C10H10FNO2/c1-14-10-4-2-3-8(5-11)9(10)6-12-7-13/h2-4H,5-6H2,1H3. The van der Waals surface area contributed by atoms with Gasteiger partial charge in [-0.1, -0.05) is 12.1 Å². The summed E-state index contributed by atoms with van der Waals surface area (Å²) in [4.78, 5) is 13.4. The molecular formula is C10H10FNO2. The first-order chi connectivity index (χ1) is 6.83. The van der Waals surface area contributed by atoms with Gasteiger partial charge in [-0.25, -0.2) is 14.2 Å². The Morgan fingerprint density at radius 1 is 1.57 bits per heavy atom. The van der Waals surface area contributed by atoms with Crippen molar-refractivity contribution in [3.8, 4) is 5.75 Å². The highest BCUT2D eigenvalue weighted by Gasteiger charge is 2.07. The van der Waals surface area contributed by atoms with Crippen molar-refractivity contribution < 1.29 is 13.9 Å². The van der Waals surface area contributed by atoms with E-state index in [2.05, 4.69) is 4.99 Å². The van der Waals surface area contributed by atoms with E-state index >= 15 is 0 Å². The number of ether oxygens (including phenoxy) is 1. The van der Waals surface area contributed by atoms with E-state index in [9.17, 15) is 9.18 Å². The van der Waals surface area contributed by atoms with E-state index in [1.54, 1.807) is 18.2 Å². The summed E-state index contributed by atoms with van der Waals surface area (Å²) in [5.41, 5.74) is 1.09. The minimum atomic E-state index is -0.596. The average Bonchev–Trinajstić information content (AvgIpc) is 2.25. The second kappa shape index (κ2) is 5.14. The fourth-order valence-corrected chi connectivity index (χ4v) is 1.22. The molecule has 0 spiro atoms. The van der Waals surface area contributed by atoms with E-state index in [-0.39, 0.29) is 6.54 Å². The maximum absolute atomic E-state index is 12.5. The number of methoxy groups -OCH3 is 1. The molecule has 0 aliphatic rings. The van der Waals surface area contributed by atoms with Gasteiger partial charge in [0.05, 0.1) is 13.7 Å². The zero-order valence-corrected chi connectivity index (χ0v) is 7.79. The van der Waals surface area contributed by atoms with Crippen LogP contribution in [0.4, 0.5) is 4.39 Å². The van der Waals surface area contributed by atoms with Crippen LogP contribution in [0.1, 0.15) is 11.1 Å². The zero-order valence-electron chi connectivity index (χ0n) is 7.79. The molecule has 0 aliphatic heterocycles. The van der Waals surface area contributed by atoms with Crippen molar-refractivity contribution in [3.05, 3.63) is 29.3 Å². The number of rotatable bonds is 4. The van der Waals surface area contributed by atoms with Crippen LogP contribution in [0.2, 0.25) is 0 Å². The predicted molar refractivity (Wildman–Crippen MR) is 49.6 cm³/mol. The van der Waals surface area contributed by atoms with Crippen LogP contribution in [0, 0.1) is 0 Å². The number of hydrogen-bond acceptors (Lipinski definition) is 3. The molecule has 0 saturated heterocycles. The maximum atomic E-state index is 12.5. The third-order valence-electron chi connectivity index (χ3n) is 1.90. The van der Waals surface area contributed by atoms with Crippen LogP contribution in [0.25, 0.3) is 0 Å². The fourth-order valence-electron chi connectivity index (χ4n) is 1.22.